The molecule has 0 amide bonds. The van der Waals surface area contributed by atoms with E-state index in [2.05, 4.69) is 19.2 Å². The van der Waals surface area contributed by atoms with Crippen molar-refractivity contribution in [2.45, 2.75) is 69.7 Å². The Morgan fingerprint density at radius 3 is 2.33 bits per heavy atom. The van der Waals surface area contributed by atoms with Gasteiger partial charge in [0.2, 0.25) is 0 Å². The van der Waals surface area contributed by atoms with Gasteiger partial charge in [0.15, 0.2) is 0 Å². The van der Waals surface area contributed by atoms with Gasteiger partial charge < -0.3 is 16.2 Å². The number of aliphatic hydroxyl groups is 1. The van der Waals surface area contributed by atoms with Crippen LogP contribution in [0.1, 0.15) is 46.0 Å². The number of fused-ring (bicyclic) bond motifs is 2. The first-order valence-corrected chi connectivity index (χ1v) is 6.23. The average Bonchev–Trinajstić information content (AvgIpc) is 2.45. The van der Waals surface area contributed by atoms with Gasteiger partial charge in [-0.1, -0.05) is 13.8 Å². The standard InChI is InChI=1S/C12H24N2O/c1-8(2)5-11(13)12(15)6-9-3-4-10(7-12)14-9/h8-11,14-15H,3-7,13H2,1-2H3. The summed E-state index contributed by atoms with van der Waals surface area (Å²) in [6, 6.07) is 0.960. The van der Waals surface area contributed by atoms with E-state index in [4.69, 9.17) is 5.73 Å². The monoisotopic (exact) mass is 212 g/mol. The molecule has 2 rings (SSSR count). The summed E-state index contributed by atoms with van der Waals surface area (Å²) >= 11 is 0. The lowest BCUT2D eigenvalue weighted by Crippen LogP contribution is -2.57. The molecular formula is C12H24N2O. The molecule has 0 radical (unpaired) electrons. The van der Waals surface area contributed by atoms with Crippen LogP contribution in [0, 0.1) is 5.92 Å². The maximum absolute atomic E-state index is 10.6. The van der Waals surface area contributed by atoms with E-state index < -0.39 is 5.60 Å². The number of rotatable bonds is 3. The fourth-order valence-electron chi connectivity index (χ4n) is 3.19. The first-order chi connectivity index (χ1) is 6.99. The van der Waals surface area contributed by atoms with Crippen LogP contribution < -0.4 is 11.1 Å². The molecule has 15 heavy (non-hydrogen) atoms. The van der Waals surface area contributed by atoms with E-state index in [1.807, 2.05) is 0 Å². The molecule has 2 saturated heterocycles. The highest BCUT2D eigenvalue weighted by atomic mass is 16.3. The molecule has 0 saturated carbocycles. The van der Waals surface area contributed by atoms with Gasteiger partial charge in [-0.15, -0.1) is 0 Å². The summed E-state index contributed by atoms with van der Waals surface area (Å²) in [7, 11) is 0. The third kappa shape index (κ3) is 2.35. The first kappa shape index (κ1) is 11.4. The normalized spacial score (nSPS) is 42.2. The molecule has 2 aliphatic rings. The summed E-state index contributed by atoms with van der Waals surface area (Å²) in [6.07, 6.45) is 5.04. The van der Waals surface area contributed by atoms with Crippen LogP contribution in [0.25, 0.3) is 0 Å². The Labute approximate surface area is 92.4 Å². The van der Waals surface area contributed by atoms with Crippen molar-refractivity contribution in [3.05, 3.63) is 0 Å². The van der Waals surface area contributed by atoms with Crippen LogP contribution in [-0.2, 0) is 0 Å². The first-order valence-electron chi connectivity index (χ1n) is 6.23. The molecule has 4 N–H and O–H groups in total. The van der Waals surface area contributed by atoms with E-state index >= 15 is 0 Å². The fraction of sp³-hybridized carbons (Fsp3) is 1.00. The molecule has 0 aliphatic carbocycles. The second-order valence-electron chi connectivity index (χ2n) is 5.89. The van der Waals surface area contributed by atoms with Crippen molar-refractivity contribution < 1.29 is 5.11 Å². The summed E-state index contributed by atoms with van der Waals surface area (Å²) in [5, 5.41) is 14.1. The van der Waals surface area contributed by atoms with Crippen molar-refractivity contribution in [1.82, 2.24) is 5.32 Å². The number of piperidine rings is 1. The highest BCUT2D eigenvalue weighted by Gasteiger charge is 2.45. The third-order valence-electron chi connectivity index (χ3n) is 3.95. The molecule has 3 unspecified atom stereocenters. The van der Waals surface area contributed by atoms with E-state index in [-0.39, 0.29) is 6.04 Å². The molecule has 2 bridgehead atoms. The van der Waals surface area contributed by atoms with Crippen molar-refractivity contribution >= 4 is 0 Å². The molecule has 2 aliphatic heterocycles. The molecule has 3 nitrogen and oxygen atoms in total. The maximum Gasteiger partial charge on any atom is 0.0827 e. The number of nitrogens with one attached hydrogen (secondary N) is 1. The second kappa shape index (κ2) is 4.04. The van der Waals surface area contributed by atoms with E-state index in [0.717, 1.165) is 19.3 Å². The minimum atomic E-state index is -0.610. The lowest BCUT2D eigenvalue weighted by molar-refractivity contribution is -0.0335. The van der Waals surface area contributed by atoms with Gasteiger partial charge >= 0.3 is 0 Å². The molecule has 0 aromatic carbocycles. The van der Waals surface area contributed by atoms with Gasteiger partial charge in [-0.25, -0.2) is 0 Å². The SMILES string of the molecule is CC(C)CC(N)C1(O)CC2CCC(C1)N2. The Bertz CT molecular complexity index is 218. The van der Waals surface area contributed by atoms with Gasteiger partial charge in [0.05, 0.1) is 5.60 Å². The molecule has 3 atom stereocenters. The van der Waals surface area contributed by atoms with Crippen molar-refractivity contribution in [2.24, 2.45) is 11.7 Å². The van der Waals surface area contributed by atoms with Gasteiger partial charge in [-0.3, -0.25) is 0 Å². The van der Waals surface area contributed by atoms with Gasteiger partial charge in [-0.2, -0.15) is 0 Å². The quantitative estimate of drug-likeness (QED) is 0.654. The molecule has 2 fully saturated rings. The van der Waals surface area contributed by atoms with Gasteiger partial charge in [0.25, 0.3) is 0 Å². The van der Waals surface area contributed by atoms with Crippen LogP contribution in [-0.4, -0.2) is 28.8 Å². The predicted octanol–water partition coefficient (Wildman–Crippen LogP) is 1.01. The van der Waals surface area contributed by atoms with E-state index in [0.29, 0.717) is 18.0 Å². The van der Waals surface area contributed by atoms with Crippen LogP contribution in [0.3, 0.4) is 0 Å². The van der Waals surface area contributed by atoms with E-state index in [1.54, 1.807) is 0 Å². The van der Waals surface area contributed by atoms with Crippen molar-refractivity contribution in [3.63, 3.8) is 0 Å². The zero-order chi connectivity index (χ0) is 11.1. The summed E-state index contributed by atoms with van der Waals surface area (Å²) in [5.74, 6) is 0.566. The van der Waals surface area contributed by atoms with Crippen LogP contribution in [0.15, 0.2) is 0 Å². The van der Waals surface area contributed by atoms with Crippen LogP contribution in [0.4, 0.5) is 0 Å². The maximum atomic E-state index is 10.6. The van der Waals surface area contributed by atoms with E-state index in [1.165, 1.54) is 12.8 Å². The van der Waals surface area contributed by atoms with Crippen LogP contribution >= 0.6 is 0 Å². The summed E-state index contributed by atoms with van der Waals surface area (Å²) in [5.41, 5.74) is 5.55. The Kier molecular flexibility index (Phi) is 3.06. The summed E-state index contributed by atoms with van der Waals surface area (Å²) < 4.78 is 0. The third-order valence-corrected chi connectivity index (χ3v) is 3.95. The lowest BCUT2D eigenvalue weighted by atomic mass is 9.79. The molecule has 0 aromatic rings. The number of hydrogen-bond donors (Lipinski definition) is 3. The number of hydrogen-bond acceptors (Lipinski definition) is 3. The van der Waals surface area contributed by atoms with Gasteiger partial charge in [-0.05, 0) is 38.0 Å². The van der Waals surface area contributed by atoms with Gasteiger partial charge in [0.1, 0.15) is 0 Å². The highest BCUT2D eigenvalue weighted by Crippen LogP contribution is 2.36. The highest BCUT2D eigenvalue weighted by molar-refractivity contribution is 5.04. The summed E-state index contributed by atoms with van der Waals surface area (Å²) in [6.45, 7) is 4.33. The Morgan fingerprint density at radius 2 is 1.87 bits per heavy atom. The average molecular weight is 212 g/mol. The van der Waals surface area contributed by atoms with Crippen LogP contribution in [0.5, 0.6) is 0 Å². The smallest absolute Gasteiger partial charge is 0.0827 e. The molecule has 88 valence electrons. The van der Waals surface area contributed by atoms with E-state index in [9.17, 15) is 5.11 Å². The zero-order valence-corrected chi connectivity index (χ0v) is 9.87. The zero-order valence-electron chi connectivity index (χ0n) is 9.87. The Balaban J connectivity index is 2.00. The van der Waals surface area contributed by atoms with Crippen LogP contribution in [0.2, 0.25) is 0 Å². The summed E-state index contributed by atoms with van der Waals surface area (Å²) in [4.78, 5) is 0. The predicted molar refractivity (Wildman–Crippen MR) is 61.6 cm³/mol. The Morgan fingerprint density at radius 1 is 1.33 bits per heavy atom. The van der Waals surface area contributed by atoms with Gasteiger partial charge in [0, 0.05) is 18.1 Å². The minimum absolute atomic E-state index is 0.0531. The van der Waals surface area contributed by atoms with Crippen molar-refractivity contribution in [3.8, 4) is 0 Å². The van der Waals surface area contributed by atoms with Crippen molar-refractivity contribution in [2.75, 3.05) is 0 Å². The lowest BCUT2D eigenvalue weighted by Gasteiger charge is -2.41. The molecule has 0 aromatic heterocycles. The number of nitrogens with two attached hydrogens (primary N) is 1. The Hall–Kier alpha value is -0.120. The molecular weight excluding hydrogens is 188 g/mol. The largest absolute Gasteiger partial charge is 0.388 e. The van der Waals surface area contributed by atoms with Crippen molar-refractivity contribution in [1.29, 1.82) is 0 Å². The second-order valence-corrected chi connectivity index (χ2v) is 5.89. The molecule has 2 heterocycles. The topological polar surface area (TPSA) is 58.3 Å². The molecule has 0 spiro atoms. The minimum Gasteiger partial charge on any atom is -0.388 e. The fourth-order valence-corrected chi connectivity index (χ4v) is 3.19. The molecule has 3 heteroatoms.